The van der Waals surface area contributed by atoms with Gasteiger partial charge in [0.1, 0.15) is 11.9 Å². The summed E-state index contributed by atoms with van der Waals surface area (Å²) >= 11 is 12.3. The largest absolute Gasteiger partial charge is 0.485 e. The monoisotopic (exact) mass is 407 g/mol. The first-order chi connectivity index (χ1) is 13.1. The van der Waals surface area contributed by atoms with E-state index in [9.17, 15) is 4.79 Å². The molecule has 1 amide bonds. The van der Waals surface area contributed by atoms with Gasteiger partial charge in [-0.3, -0.25) is 0 Å². The van der Waals surface area contributed by atoms with Crippen LogP contribution in [0.1, 0.15) is 31.4 Å². The van der Waals surface area contributed by atoms with Crippen LogP contribution in [0.25, 0.3) is 0 Å². The van der Waals surface area contributed by atoms with Crippen LogP contribution in [0, 0.1) is 5.92 Å². The third-order valence-corrected chi connectivity index (χ3v) is 5.34. The van der Waals surface area contributed by atoms with Gasteiger partial charge in [0.25, 0.3) is 0 Å². The lowest BCUT2D eigenvalue weighted by Crippen LogP contribution is -2.53. The van der Waals surface area contributed by atoms with E-state index in [-0.39, 0.29) is 18.1 Å². The molecule has 0 N–H and O–H groups in total. The second-order valence-corrected chi connectivity index (χ2v) is 7.47. The van der Waals surface area contributed by atoms with E-state index in [2.05, 4.69) is 6.92 Å². The van der Waals surface area contributed by atoms with Gasteiger partial charge in [-0.1, -0.05) is 60.8 Å². The summed E-state index contributed by atoms with van der Waals surface area (Å²) in [6, 6.07) is 15.2. The molecule has 0 aromatic heterocycles. The van der Waals surface area contributed by atoms with Crippen LogP contribution in [0.2, 0.25) is 10.0 Å². The van der Waals surface area contributed by atoms with Crippen LogP contribution < -0.4 is 4.74 Å². The Balaban J connectivity index is 1.69. The smallest absolute Gasteiger partial charge is 0.409 e. The van der Waals surface area contributed by atoms with Crippen molar-refractivity contribution in [3.05, 3.63) is 64.1 Å². The van der Waals surface area contributed by atoms with Crippen molar-refractivity contribution >= 4 is 29.3 Å². The molecule has 1 aliphatic rings. The van der Waals surface area contributed by atoms with Crippen LogP contribution in [0.4, 0.5) is 4.79 Å². The quantitative estimate of drug-likeness (QED) is 0.529. The van der Waals surface area contributed by atoms with E-state index in [4.69, 9.17) is 32.7 Å². The topological polar surface area (TPSA) is 38.8 Å². The number of likely N-dealkylation sites (tertiary alicyclic amines) is 1. The highest BCUT2D eigenvalue weighted by atomic mass is 35.5. The molecule has 0 bridgehead atoms. The number of hydrogen-bond acceptors (Lipinski definition) is 3. The van der Waals surface area contributed by atoms with E-state index < -0.39 is 0 Å². The van der Waals surface area contributed by atoms with E-state index in [1.165, 1.54) is 0 Å². The molecule has 144 valence electrons. The number of benzene rings is 2. The van der Waals surface area contributed by atoms with Crippen LogP contribution in [0.5, 0.6) is 5.75 Å². The molecule has 1 saturated heterocycles. The Hall–Kier alpha value is -1.91. The summed E-state index contributed by atoms with van der Waals surface area (Å²) in [6.45, 7) is 3.70. The number of amides is 1. The summed E-state index contributed by atoms with van der Waals surface area (Å²) in [7, 11) is 0. The van der Waals surface area contributed by atoms with Crippen molar-refractivity contribution in [1.29, 1.82) is 0 Å². The summed E-state index contributed by atoms with van der Waals surface area (Å²) < 4.78 is 11.5. The van der Waals surface area contributed by atoms with E-state index >= 15 is 0 Å². The molecular weight excluding hydrogens is 385 g/mol. The van der Waals surface area contributed by atoms with Crippen molar-refractivity contribution in [3.8, 4) is 5.75 Å². The molecule has 6 heteroatoms. The molecule has 3 rings (SSSR count). The number of rotatable bonds is 7. The zero-order valence-electron chi connectivity index (χ0n) is 15.2. The third-order valence-electron chi connectivity index (χ3n) is 4.60. The van der Waals surface area contributed by atoms with Gasteiger partial charge in [-0.25, -0.2) is 4.79 Å². The van der Waals surface area contributed by atoms with Crippen LogP contribution >= 0.6 is 23.2 Å². The van der Waals surface area contributed by atoms with Crippen molar-refractivity contribution in [2.24, 2.45) is 5.92 Å². The Morgan fingerprint density at radius 1 is 1.15 bits per heavy atom. The lowest BCUT2D eigenvalue weighted by molar-refractivity contribution is 0.00327. The second-order valence-electron chi connectivity index (χ2n) is 6.66. The molecule has 2 aromatic carbocycles. The maximum Gasteiger partial charge on any atom is 0.409 e. The number of halogens is 2. The normalized spacial score (nSPS) is 15.1. The van der Waals surface area contributed by atoms with Gasteiger partial charge >= 0.3 is 6.09 Å². The SMILES string of the molecule is CCCCOC(=O)N1CC(C(Oc2ccccc2)c2ccc(Cl)c(Cl)c2)C1. The molecule has 1 atom stereocenters. The fourth-order valence-corrected chi connectivity index (χ4v) is 3.33. The number of carbonyl (C=O) groups is 1. The predicted molar refractivity (Wildman–Crippen MR) is 108 cm³/mol. The van der Waals surface area contributed by atoms with Crippen LogP contribution in [0.3, 0.4) is 0 Å². The van der Waals surface area contributed by atoms with Gasteiger partial charge in [0.2, 0.25) is 0 Å². The molecule has 27 heavy (non-hydrogen) atoms. The Morgan fingerprint density at radius 2 is 1.89 bits per heavy atom. The van der Waals surface area contributed by atoms with Gasteiger partial charge in [-0.05, 0) is 36.2 Å². The molecule has 0 spiro atoms. The first kappa shape index (κ1) is 19.8. The Morgan fingerprint density at radius 3 is 2.56 bits per heavy atom. The van der Waals surface area contributed by atoms with Crippen LogP contribution in [0.15, 0.2) is 48.5 Å². The van der Waals surface area contributed by atoms with Crippen LogP contribution in [-0.2, 0) is 4.74 Å². The number of ether oxygens (including phenoxy) is 2. The minimum Gasteiger partial charge on any atom is -0.485 e. The van der Waals surface area contributed by atoms with Gasteiger partial charge in [0.15, 0.2) is 0 Å². The molecular formula is C21H23Cl2NO3. The van der Waals surface area contributed by atoms with Gasteiger partial charge in [-0.15, -0.1) is 0 Å². The molecule has 1 heterocycles. The number of para-hydroxylation sites is 1. The standard InChI is InChI=1S/C21H23Cl2NO3/c1-2-3-11-26-21(25)24-13-16(14-24)20(27-17-7-5-4-6-8-17)15-9-10-18(22)19(23)12-15/h4-10,12,16,20H,2-3,11,13-14H2,1H3. The van der Waals surface area contributed by atoms with Crippen molar-refractivity contribution in [3.63, 3.8) is 0 Å². The first-order valence-electron chi connectivity index (χ1n) is 9.17. The molecule has 0 saturated carbocycles. The molecule has 1 aliphatic heterocycles. The average molecular weight is 408 g/mol. The van der Waals surface area contributed by atoms with E-state index in [0.29, 0.717) is 29.7 Å². The fourth-order valence-electron chi connectivity index (χ4n) is 3.02. The van der Waals surface area contributed by atoms with Gasteiger partial charge in [0.05, 0.1) is 16.7 Å². The number of unbranched alkanes of at least 4 members (excludes halogenated alkanes) is 1. The number of hydrogen-bond donors (Lipinski definition) is 0. The second kappa shape index (κ2) is 9.34. The van der Waals surface area contributed by atoms with E-state index in [1.807, 2.05) is 42.5 Å². The highest BCUT2D eigenvalue weighted by Gasteiger charge is 2.39. The van der Waals surface area contributed by atoms with Crippen molar-refractivity contribution in [2.75, 3.05) is 19.7 Å². The molecule has 2 aromatic rings. The molecule has 1 unspecified atom stereocenters. The summed E-state index contributed by atoms with van der Waals surface area (Å²) in [5.74, 6) is 0.929. The van der Waals surface area contributed by atoms with Gasteiger partial charge in [-0.2, -0.15) is 0 Å². The van der Waals surface area contributed by atoms with Gasteiger partial charge < -0.3 is 14.4 Å². The Bertz CT molecular complexity index is 763. The molecule has 4 nitrogen and oxygen atoms in total. The van der Waals surface area contributed by atoms with Crippen molar-refractivity contribution in [1.82, 2.24) is 4.90 Å². The molecule has 1 fully saturated rings. The maximum absolute atomic E-state index is 12.1. The Kier molecular flexibility index (Phi) is 6.86. The van der Waals surface area contributed by atoms with E-state index in [1.54, 1.807) is 11.0 Å². The fraction of sp³-hybridized carbons (Fsp3) is 0.381. The minimum absolute atomic E-state index is 0.154. The number of nitrogens with zero attached hydrogens (tertiary/aromatic N) is 1. The summed E-state index contributed by atoms with van der Waals surface area (Å²) in [4.78, 5) is 13.8. The van der Waals surface area contributed by atoms with Crippen molar-refractivity contribution < 1.29 is 14.3 Å². The number of carbonyl (C=O) groups excluding carboxylic acids is 1. The lowest BCUT2D eigenvalue weighted by Gasteiger charge is -2.42. The minimum atomic E-state index is -0.257. The zero-order valence-corrected chi connectivity index (χ0v) is 16.7. The van der Waals surface area contributed by atoms with Crippen LogP contribution in [-0.4, -0.2) is 30.7 Å². The summed E-state index contributed by atoms with van der Waals surface area (Å²) in [6.07, 6.45) is 1.40. The Labute approximate surface area is 170 Å². The molecule has 0 radical (unpaired) electrons. The van der Waals surface area contributed by atoms with Gasteiger partial charge in [0, 0.05) is 19.0 Å². The summed E-state index contributed by atoms with van der Waals surface area (Å²) in [5.41, 5.74) is 0.942. The highest BCUT2D eigenvalue weighted by Crippen LogP contribution is 2.36. The lowest BCUT2D eigenvalue weighted by atomic mass is 9.89. The highest BCUT2D eigenvalue weighted by molar-refractivity contribution is 6.42. The summed E-state index contributed by atoms with van der Waals surface area (Å²) in [5, 5.41) is 1.000. The molecule has 0 aliphatic carbocycles. The zero-order chi connectivity index (χ0) is 19.2. The average Bonchev–Trinajstić information content (AvgIpc) is 2.63. The van der Waals surface area contributed by atoms with E-state index in [0.717, 1.165) is 24.2 Å². The maximum atomic E-state index is 12.1. The first-order valence-corrected chi connectivity index (χ1v) is 9.92. The predicted octanol–water partition coefficient (Wildman–Crippen LogP) is 5.98. The third kappa shape index (κ3) is 5.08. The van der Waals surface area contributed by atoms with Crippen molar-refractivity contribution in [2.45, 2.75) is 25.9 Å².